The first-order valence-corrected chi connectivity index (χ1v) is 6.59. The highest BCUT2D eigenvalue weighted by Crippen LogP contribution is 2.21. The van der Waals surface area contributed by atoms with Crippen LogP contribution >= 0.6 is 11.6 Å². The molecule has 2 heterocycles. The molecule has 2 rings (SSSR count). The van der Waals surface area contributed by atoms with Gasteiger partial charge in [-0.2, -0.15) is 5.10 Å². The fourth-order valence-corrected chi connectivity index (χ4v) is 2.45. The third-order valence-electron chi connectivity index (χ3n) is 3.40. The zero-order valence-electron chi connectivity index (χ0n) is 11.3. The number of rotatable bonds is 3. The molecule has 6 nitrogen and oxygen atoms in total. The molecule has 0 aliphatic carbocycles. The van der Waals surface area contributed by atoms with Crippen LogP contribution in [0.15, 0.2) is 0 Å². The topological polar surface area (TPSA) is 58.4 Å². The summed E-state index contributed by atoms with van der Waals surface area (Å²) in [7, 11) is 1.75. The van der Waals surface area contributed by atoms with Gasteiger partial charge in [0.15, 0.2) is 0 Å². The summed E-state index contributed by atoms with van der Waals surface area (Å²) in [4.78, 5) is 26.9. The molecule has 0 N–H and O–H groups in total. The van der Waals surface area contributed by atoms with Crippen LogP contribution in [-0.4, -0.2) is 51.0 Å². The van der Waals surface area contributed by atoms with Gasteiger partial charge in [0.25, 0.3) is 0 Å². The van der Waals surface area contributed by atoms with Gasteiger partial charge >= 0.3 is 11.8 Å². The number of aromatic nitrogens is 2. The van der Waals surface area contributed by atoms with E-state index >= 15 is 0 Å². The van der Waals surface area contributed by atoms with E-state index in [-0.39, 0.29) is 0 Å². The maximum absolute atomic E-state index is 12.0. The van der Waals surface area contributed by atoms with E-state index in [1.165, 1.54) is 4.90 Å². The highest BCUT2D eigenvalue weighted by atomic mass is 35.5. The maximum atomic E-state index is 12.0. The van der Waals surface area contributed by atoms with Gasteiger partial charge in [-0.25, -0.2) is 0 Å². The smallest absolute Gasteiger partial charge is 0.312 e. The van der Waals surface area contributed by atoms with Crippen LogP contribution in [0.2, 0.25) is 5.15 Å². The van der Waals surface area contributed by atoms with Gasteiger partial charge in [0.2, 0.25) is 0 Å². The molecule has 0 bridgehead atoms. The number of nitrogens with zero attached hydrogens (tertiary/aromatic N) is 4. The Morgan fingerprint density at radius 3 is 2.32 bits per heavy atom. The second kappa shape index (κ2) is 5.21. The van der Waals surface area contributed by atoms with Gasteiger partial charge in [0.05, 0.1) is 12.2 Å². The zero-order valence-corrected chi connectivity index (χ0v) is 12.1. The Hall–Kier alpha value is -1.56. The number of carbonyl (C=O) groups is 2. The first-order valence-electron chi connectivity index (χ1n) is 6.21. The average molecular weight is 285 g/mol. The number of amides is 2. The number of likely N-dealkylation sites (N-methyl/N-ethyl adjacent to an activating group) is 1. The summed E-state index contributed by atoms with van der Waals surface area (Å²) in [6.45, 7) is 5.70. The molecule has 1 aromatic heterocycles. The Labute approximate surface area is 116 Å². The summed E-state index contributed by atoms with van der Waals surface area (Å²) in [6.07, 6.45) is 0. The molecule has 0 radical (unpaired) electrons. The van der Waals surface area contributed by atoms with E-state index in [0.29, 0.717) is 31.3 Å². The molecule has 104 valence electrons. The van der Waals surface area contributed by atoms with Crippen LogP contribution in [0.25, 0.3) is 0 Å². The molecule has 0 atom stereocenters. The molecule has 0 spiro atoms. The minimum absolute atomic E-state index is 0.334. The molecule has 1 aliphatic rings. The largest absolute Gasteiger partial charge is 0.333 e. The van der Waals surface area contributed by atoms with Crippen molar-refractivity contribution in [1.29, 1.82) is 0 Å². The second-order valence-corrected chi connectivity index (χ2v) is 4.95. The lowest BCUT2D eigenvalue weighted by Crippen LogP contribution is -2.53. The van der Waals surface area contributed by atoms with Crippen molar-refractivity contribution in [3.63, 3.8) is 0 Å². The van der Waals surface area contributed by atoms with Gasteiger partial charge in [-0.05, 0) is 13.8 Å². The van der Waals surface area contributed by atoms with E-state index in [1.54, 1.807) is 16.6 Å². The lowest BCUT2D eigenvalue weighted by Gasteiger charge is -2.33. The summed E-state index contributed by atoms with van der Waals surface area (Å²) in [6, 6.07) is 0. The van der Waals surface area contributed by atoms with Crippen LogP contribution in [-0.2, 0) is 23.2 Å². The first-order chi connectivity index (χ1) is 8.95. The van der Waals surface area contributed by atoms with E-state index in [2.05, 4.69) is 5.10 Å². The van der Waals surface area contributed by atoms with Crippen molar-refractivity contribution in [1.82, 2.24) is 19.6 Å². The van der Waals surface area contributed by atoms with Crippen LogP contribution in [0.3, 0.4) is 0 Å². The van der Waals surface area contributed by atoms with Gasteiger partial charge < -0.3 is 9.80 Å². The number of hydrogen-bond donors (Lipinski definition) is 0. The number of aryl methyl sites for hydroxylation is 2. The molecule has 7 heteroatoms. The average Bonchev–Trinajstić information content (AvgIpc) is 2.61. The standard InChI is InChI=1S/C12H17ClN4O2/c1-4-16-5-6-17(12(19)11(16)18)7-9-8(2)14-15(3)10(9)13/h4-7H2,1-3H3. The minimum atomic E-state index is -0.465. The lowest BCUT2D eigenvalue weighted by molar-refractivity contribution is -0.156. The van der Waals surface area contributed by atoms with E-state index < -0.39 is 11.8 Å². The van der Waals surface area contributed by atoms with Gasteiger partial charge in [0, 0.05) is 32.2 Å². The highest BCUT2D eigenvalue weighted by Gasteiger charge is 2.32. The molecule has 1 fully saturated rings. The fraction of sp³-hybridized carbons (Fsp3) is 0.583. The molecular weight excluding hydrogens is 268 g/mol. The van der Waals surface area contributed by atoms with Crippen LogP contribution in [0.4, 0.5) is 0 Å². The van der Waals surface area contributed by atoms with Crippen molar-refractivity contribution in [3.05, 3.63) is 16.4 Å². The molecule has 1 saturated heterocycles. The Bertz CT molecular complexity index is 526. The molecule has 2 amide bonds. The van der Waals surface area contributed by atoms with Crippen molar-refractivity contribution in [3.8, 4) is 0 Å². The summed E-state index contributed by atoms with van der Waals surface area (Å²) in [5.41, 5.74) is 1.58. The first kappa shape index (κ1) is 13.9. The summed E-state index contributed by atoms with van der Waals surface area (Å²) >= 11 is 6.14. The maximum Gasteiger partial charge on any atom is 0.312 e. The van der Waals surface area contributed by atoms with Crippen molar-refractivity contribution >= 4 is 23.4 Å². The van der Waals surface area contributed by atoms with Crippen LogP contribution in [0.1, 0.15) is 18.2 Å². The van der Waals surface area contributed by atoms with Gasteiger partial charge in [0.1, 0.15) is 5.15 Å². The Morgan fingerprint density at radius 1 is 1.21 bits per heavy atom. The van der Waals surface area contributed by atoms with E-state index in [4.69, 9.17) is 11.6 Å². The quantitative estimate of drug-likeness (QED) is 0.763. The molecule has 19 heavy (non-hydrogen) atoms. The van der Waals surface area contributed by atoms with E-state index in [0.717, 1.165) is 11.3 Å². The normalized spacial score (nSPS) is 16.4. The van der Waals surface area contributed by atoms with Crippen molar-refractivity contribution in [2.24, 2.45) is 7.05 Å². The lowest BCUT2D eigenvalue weighted by atomic mass is 10.2. The number of hydrogen-bond acceptors (Lipinski definition) is 3. The van der Waals surface area contributed by atoms with Crippen LogP contribution in [0.5, 0.6) is 0 Å². The minimum Gasteiger partial charge on any atom is -0.333 e. The predicted octanol–water partition coefficient (Wildman–Crippen LogP) is 0.573. The fourth-order valence-electron chi connectivity index (χ4n) is 2.21. The van der Waals surface area contributed by atoms with Gasteiger partial charge in [-0.3, -0.25) is 14.3 Å². The van der Waals surface area contributed by atoms with Crippen molar-refractivity contribution < 1.29 is 9.59 Å². The van der Waals surface area contributed by atoms with Gasteiger partial charge in [-0.15, -0.1) is 0 Å². The molecule has 1 aromatic rings. The van der Waals surface area contributed by atoms with E-state index in [1.807, 2.05) is 13.8 Å². The zero-order chi connectivity index (χ0) is 14.2. The van der Waals surface area contributed by atoms with E-state index in [9.17, 15) is 9.59 Å². The Kier molecular flexibility index (Phi) is 3.80. The number of halogens is 1. The molecule has 0 unspecified atom stereocenters. The highest BCUT2D eigenvalue weighted by molar-refractivity contribution is 6.35. The SMILES string of the molecule is CCN1CCN(Cc2c(C)nn(C)c2Cl)C(=O)C1=O. The summed E-state index contributed by atoms with van der Waals surface area (Å²) < 4.78 is 1.57. The summed E-state index contributed by atoms with van der Waals surface area (Å²) in [5.74, 6) is -0.904. The molecular formula is C12H17ClN4O2. The van der Waals surface area contributed by atoms with Crippen molar-refractivity contribution in [2.45, 2.75) is 20.4 Å². The Balaban J connectivity index is 2.16. The van der Waals surface area contributed by atoms with Gasteiger partial charge in [-0.1, -0.05) is 11.6 Å². The molecule has 0 saturated carbocycles. The molecule has 1 aliphatic heterocycles. The third kappa shape index (κ3) is 2.45. The van der Waals surface area contributed by atoms with Crippen LogP contribution < -0.4 is 0 Å². The van der Waals surface area contributed by atoms with Crippen molar-refractivity contribution in [2.75, 3.05) is 19.6 Å². The molecule has 0 aromatic carbocycles. The monoisotopic (exact) mass is 284 g/mol. The third-order valence-corrected chi connectivity index (χ3v) is 3.87. The predicted molar refractivity (Wildman–Crippen MR) is 70.6 cm³/mol. The number of carbonyl (C=O) groups excluding carboxylic acids is 2. The second-order valence-electron chi connectivity index (χ2n) is 4.59. The summed E-state index contributed by atoms with van der Waals surface area (Å²) in [5, 5.41) is 4.71. The number of piperazine rings is 1. The van der Waals surface area contributed by atoms with Crippen LogP contribution in [0, 0.1) is 6.92 Å². The Morgan fingerprint density at radius 2 is 1.79 bits per heavy atom.